The van der Waals surface area contributed by atoms with Gasteiger partial charge in [-0.1, -0.05) is 12.1 Å². The van der Waals surface area contributed by atoms with Crippen LogP contribution in [0.2, 0.25) is 0 Å². The van der Waals surface area contributed by atoms with Crippen molar-refractivity contribution in [3.63, 3.8) is 0 Å². The fraction of sp³-hybridized carbons (Fsp3) is 0.182. The number of hydrogen-bond acceptors (Lipinski definition) is 5. The van der Waals surface area contributed by atoms with Crippen LogP contribution in [-0.4, -0.2) is 14.5 Å². The summed E-state index contributed by atoms with van der Waals surface area (Å²) in [5, 5.41) is 0. The number of para-hydroxylation sites is 1. The molecule has 0 spiro atoms. The van der Waals surface area contributed by atoms with Crippen molar-refractivity contribution in [2.75, 3.05) is 5.73 Å². The minimum atomic E-state index is -4.50. The molecular formula is C22H17F3N4O2. The highest BCUT2D eigenvalue weighted by Crippen LogP contribution is 2.41. The van der Waals surface area contributed by atoms with Gasteiger partial charge in [0.15, 0.2) is 5.82 Å². The van der Waals surface area contributed by atoms with E-state index in [0.717, 1.165) is 28.5 Å². The summed E-state index contributed by atoms with van der Waals surface area (Å²) in [7, 11) is 0. The number of nitrogen functional groups attached to an aromatic ring is 1. The van der Waals surface area contributed by atoms with Gasteiger partial charge in [0.25, 0.3) is 0 Å². The Hall–Kier alpha value is -3.59. The molecule has 5 rings (SSSR count). The van der Waals surface area contributed by atoms with Crippen LogP contribution in [0.25, 0.3) is 16.7 Å². The molecular weight excluding hydrogens is 409 g/mol. The topological polar surface area (TPSA) is 75.2 Å². The van der Waals surface area contributed by atoms with Gasteiger partial charge in [-0.15, -0.1) is 0 Å². The summed E-state index contributed by atoms with van der Waals surface area (Å²) in [5.74, 6) is 0.364. The van der Waals surface area contributed by atoms with Gasteiger partial charge < -0.3 is 19.8 Å². The smallest absolute Gasteiger partial charge is 0.419 e. The van der Waals surface area contributed by atoms with E-state index in [4.69, 9.17) is 15.2 Å². The molecule has 2 aromatic heterocycles. The minimum absolute atomic E-state index is 0.130. The Bertz CT molecular complexity index is 1280. The summed E-state index contributed by atoms with van der Waals surface area (Å²) >= 11 is 0. The van der Waals surface area contributed by atoms with E-state index in [2.05, 4.69) is 9.97 Å². The lowest BCUT2D eigenvalue weighted by Crippen LogP contribution is -2.06. The van der Waals surface area contributed by atoms with Crippen LogP contribution in [0.15, 0.2) is 54.9 Å². The highest BCUT2D eigenvalue weighted by molar-refractivity contribution is 5.91. The van der Waals surface area contributed by atoms with Crippen LogP contribution in [0.1, 0.15) is 29.8 Å². The Labute approximate surface area is 175 Å². The van der Waals surface area contributed by atoms with Crippen LogP contribution >= 0.6 is 0 Å². The first-order valence-electron chi connectivity index (χ1n) is 9.54. The Balaban J connectivity index is 1.55. The molecule has 0 aliphatic carbocycles. The first-order valence-corrected chi connectivity index (χ1v) is 9.54. The zero-order valence-corrected chi connectivity index (χ0v) is 16.3. The largest absolute Gasteiger partial charge is 0.457 e. The molecule has 3 heterocycles. The predicted octanol–water partition coefficient (Wildman–Crippen LogP) is 5.41. The van der Waals surface area contributed by atoms with E-state index in [1.54, 1.807) is 24.3 Å². The van der Waals surface area contributed by atoms with E-state index >= 15 is 0 Å². The predicted molar refractivity (Wildman–Crippen MR) is 108 cm³/mol. The van der Waals surface area contributed by atoms with Gasteiger partial charge in [0.05, 0.1) is 24.0 Å². The Morgan fingerprint density at radius 3 is 2.58 bits per heavy atom. The average molecular weight is 426 g/mol. The molecule has 9 heteroatoms. The lowest BCUT2D eigenvalue weighted by atomic mass is 10.1. The van der Waals surface area contributed by atoms with Gasteiger partial charge in [0.2, 0.25) is 0 Å². The van der Waals surface area contributed by atoms with Crippen LogP contribution in [0.5, 0.6) is 11.5 Å². The number of anilines is 1. The standard InChI is InChI=1S/C22H17F3N4O2/c1-12-18-16(10-30-12)29(20-19(18)27-11-28-21(20)26)13-6-8-14(9-7-13)31-17-5-3-2-4-15(17)22(23,24)25/h2-9,11-12H,10H2,1H3,(H2,26,27,28). The first-order chi connectivity index (χ1) is 14.8. The molecule has 2 aromatic carbocycles. The van der Waals surface area contributed by atoms with Gasteiger partial charge in [-0.2, -0.15) is 13.2 Å². The van der Waals surface area contributed by atoms with Gasteiger partial charge in [0, 0.05) is 11.3 Å². The molecule has 4 aromatic rings. The van der Waals surface area contributed by atoms with Crippen LogP contribution in [-0.2, 0) is 17.5 Å². The normalized spacial score (nSPS) is 15.9. The summed E-state index contributed by atoms with van der Waals surface area (Å²) < 4.78 is 52.9. The van der Waals surface area contributed by atoms with Crippen molar-refractivity contribution in [1.29, 1.82) is 0 Å². The average Bonchev–Trinajstić information content (AvgIpc) is 3.27. The van der Waals surface area contributed by atoms with Crippen LogP contribution in [0.3, 0.4) is 0 Å². The number of nitrogens with zero attached hydrogens (tertiary/aromatic N) is 3. The van der Waals surface area contributed by atoms with Crippen molar-refractivity contribution >= 4 is 16.9 Å². The van der Waals surface area contributed by atoms with E-state index in [0.29, 0.717) is 17.9 Å². The number of ether oxygens (including phenoxy) is 2. The minimum Gasteiger partial charge on any atom is -0.457 e. The summed E-state index contributed by atoms with van der Waals surface area (Å²) in [5.41, 5.74) is 9.36. The molecule has 1 aliphatic rings. The molecule has 1 unspecified atom stereocenters. The zero-order valence-electron chi connectivity index (χ0n) is 16.3. The zero-order chi connectivity index (χ0) is 21.8. The molecule has 0 saturated carbocycles. The number of rotatable bonds is 3. The van der Waals surface area contributed by atoms with Crippen molar-refractivity contribution in [2.24, 2.45) is 0 Å². The number of fused-ring (bicyclic) bond motifs is 3. The summed E-state index contributed by atoms with van der Waals surface area (Å²) in [4.78, 5) is 8.50. The fourth-order valence-corrected chi connectivity index (χ4v) is 3.92. The Morgan fingerprint density at radius 2 is 1.84 bits per heavy atom. The first kappa shape index (κ1) is 19.4. The molecule has 0 saturated heterocycles. The van der Waals surface area contributed by atoms with Crippen molar-refractivity contribution in [2.45, 2.75) is 25.8 Å². The van der Waals surface area contributed by atoms with Gasteiger partial charge >= 0.3 is 6.18 Å². The molecule has 0 fully saturated rings. The van der Waals surface area contributed by atoms with E-state index in [-0.39, 0.29) is 17.6 Å². The second kappa shape index (κ2) is 6.98. The van der Waals surface area contributed by atoms with Gasteiger partial charge in [-0.3, -0.25) is 0 Å². The van der Waals surface area contributed by atoms with Crippen LogP contribution < -0.4 is 10.5 Å². The number of nitrogens with two attached hydrogens (primary N) is 1. The van der Waals surface area contributed by atoms with E-state index in [1.165, 1.54) is 24.5 Å². The maximum atomic E-state index is 13.2. The second-order valence-electron chi connectivity index (χ2n) is 7.20. The van der Waals surface area contributed by atoms with Crippen LogP contribution in [0.4, 0.5) is 19.0 Å². The highest BCUT2D eigenvalue weighted by atomic mass is 19.4. The van der Waals surface area contributed by atoms with Gasteiger partial charge in [0.1, 0.15) is 28.9 Å². The third-order valence-electron chi connectivity index (χ3n) is 5.30. The molecule has 31 heavy (non-hydrogen) atoms. The number of aromatic nitrogens is 3. The van der Waals surface area contributed by atoms with Crippen molar-refractivity contribution in [3.8, 4) is 17.2 Å². The second-order valence-corrected chi connectivity index (χ2v) is 7.20. The number of halogens is 3. The van der Waals surface area contributed by atoms with Crippen molar-refractivity contribution in [3.05, 3.63) is 71.7 Å². The Kier molecular flexibility index (Phi) is 4.37. The molecule has 1 atom stereocenters. The molecule has 0 bridgehead atoms. The summed E-state index contributed by atoms with van der Waals surface area (Å²) in [6.45, 7) is 2.34. The third kappa shape index (κ3) is 3.17. The molecule has 0 amide bonds. The number of hydrogen-bond donors (Lipinski definition) is 1. The molecule has 2 N–H and O–H groups in total. The molecule has 6 nitrogen and oxygen atoms in total. The maximum Gasteiger partial charge on any atom is 0.419 e. The quantitative estimate of drug-likeness (QED) is 0.474. The monoisotopic (exact) mass is 426 g/mol. The van der Waals surface area contributed by atoms with E-state index in [9.17, 15) is 13.2 Å². The highest BCUT2D eigenvalue weighted by Gasteiger charge is 2.34. The van der Waals surface area contributed by atoms with Crippen molar-refractivity contribution in [1.82, 2.24) is 14.5 Å². The lowest BCUT2D eigenvalue weighted by molar-refractivity contribution is -0.138. The maximum absolute atomic E-state index is 13.2. The van der Waals surface area contributed by atoms with Gasteiger partial charge in [-0.25, -0.2) is 9.97 Å². The SMILES string of the molecule is CC1OCc2c1c1ncnc(N)c1n2-c1ccc(Oc2ccccc2C(F)(F)F)cc1. The fourth-order valence-electron chi connectivity index (χ4n) is 3.92. The summed E-state index contributed by atoms with van der Waals surface area (Å²) in [6.07, 6.45) is -3.22. The van der Waals surface area contributed by atoms with E-state index in [1.807, 2.05) is 11.5 Å². The van der Waals surface area contributed by atoms with E-state index < -0.39 is 11.7 Å². The molecule has 158 valence electrons. The van der Waals surface area contributed by atoms with Crippen molar-refractivity contribution < 1.29 is 22.6 Å². The number of alkyl halides is 3. The third-order valence-corrected chi connectivity index (χ3v) is 5.30. The van der Waals surface area contributed by atoms with Crippen LogP contribution in [0, 0.1) is 0 Å². The van der Waals surface area contributed by atoms with Gasteiger partial charge in [-0.05, 0) is 43.3 Å². The molecule has 0 radical (unpaired) electrons. The summed E-state index contributed by atoms with van der Waals surface area (Å²) in [6, 6.07) is 11.8. The lowest BCUT2D eigenvalue weighted by Gasteiger charge is -2.14. The Morgan fingerprint density at radius 1 is 1.10 bits per heavy atom. The number of benzene rings is 2. The molecule has 1 aliphatic heterocycles.